The SMILES string of the molecule is COc1cc(NC(=O)NCCn2ccc(-c3ccccn3)n2)cc(OC)c1. The molecule has 3 aromatic rings. The molecule has 8 heteroatoms. The average molecular weight is 367 g/mol. The van der Waals surface area contributed by atoms with Gasteiger partial charge in [0.15, 0.2) is 0 Å². The predicted octanol–water partition coefficient (Wildman–Crippen LogP) is 2.78. The van der Waals surface area contributed by atoms with Crippen LogP contribution in [-0.2, 0) is 6.54 Å². The fourth-order valence-corrected chi connectivity index (χ4v) is 2.48. The van der Waals surface area contributed by atoms with Gasteiger partial charge in [0, 0.05) is 42.8 Å². The van der Waals surface area contributed by atoms with E-state index in [0.29, 0.717) is 30.3 Å². The van der Waals surface area contributed by atoms with Crippen LogP contribution in [0.25, 0.3) is 11.4 Å². The van der Waals surface area contributed by atoms with Gasteiger partial charge in [-0.05, 0) is 18.2 Å². The number of nitrogens with zero attached hydrogens (tertiary/aromatic N) is 3. The highest BCUT2D eigenvalue weighted by Gasteiger charge is 2.07. The molecule has 27 heavy (non-hydrogen) atoms. The fourth-order valence-electron chi connectivity index (χ4n) is 2.48. The first-order valence-electron chi connectivity index (χ1n) is 8.40. The van der Waals surface area contributed by atoms with E-state index in [4.69, 9.17) is 9.47 Å². The summed E-state index contributed by atoms with van der Waals surface area (Å²) >= 11 is 0. The normalized spacial score (nSPS) is 10.3. The third-order valence-corrected chi connectivity index (χ3v) is 3.80. The number of pyridine rings is 1. The Morgan fingerprint density at radius 1 is 1.07 bits per heavy atom. The Labute approximate surface area is 157 Å². The lowest BCUT2D eigenvalue weighted by atomic mass is 10.3. The van der Waals surface area contributed by atoms with E-state index >= 15 is 0 Å². The summed E-state index contributed by atoms with van der Waals surface area (Å²) in [5.41, 5.74) is 2.19. The number of ether oxygens (including phenoxy) is 2. The van der Waals surface area contributed by atoms with Gasteiger partial charge in [0.05, 0.1) is 26.5 Å². The second kappa shape index (κ2) is 8.70. The van der Waals surface area contributed by atoms with Crippen molar-refractivity contribution in [1.29, 1.82) is 0 Å². The number of methoxy groups -OCH3 is 2. The zero-order valence-electron chi connectivity index (χ0n) is 15.2. The molecule has 0 atom stereocenters. The first kappa shape index (κ1) is 18.2. The van der Waals surface area contributed by atoms with E-state index in [0.717, 1.165) is 11.4 Å². The molecule has 0 fully saturated rings. The van der Waals surface area contributed by atoms with E-state index in [1.807, 2.05) is 30.5 Å². The molecule has 2 heterocycles. The summed E-state index contributed by atoms with van der Waals surface area (Å²) in [7, 11) is 3.11. The number of hydrogen-bond donors (Lipinski definition) is 2. The van der Waals surface area contributed by atoms with Gasteiger partial charge in [-0.2, -0.15) is 5.10 Å². The second-order valence-electron chi connectivity index (χ2n) is 5.66. The highest BCUT2D eigenvalue weighted by molar-refractivity contribution is 5.89. The maximum Gasteiger partial charge on any atom is 0.319 e. The number of carbonyl (C=O) groups is 1. The number of urea groups is 1. The molecular formula is C19H21N5O3. The van der Waals surface area contributed by atoms with Crippen molar-refractivity contribution < 1.29 is 14.3 Å². The number of carbonyl (C=O) groups excluding carboxylic acids is 1. The fraction of sp³-hybridized carbons (Fsp3) is 0.211. The Kier molecular flexibility index (Phi) is 5.88. The van der Waals surface area contributed by atoms with E-state index in [9.17, 15) is 4.79 Å². The summed E-state index contributed by atoms with van der Waals surface area (Å²) < 4.78 is 12.1. The number of amides is 2. The van der Waals surface area contributed by atoms with Crippen LogP contribution in [0.3, 0.4) is 0 Å². The van der Waals surface area contributed by atoms with Crippen LogP contribution in [0.15, 0.2) is 54.9 Å². The van der Waals surface area contributed by atoms with Gasteiger partial charge in [0.25, 0.3) is 0 Å². The van der Waals surface area contributed by atoms with E-state index in [2.05, 4.69) is 20.7 Å². The Hall–Kier alpha value is -3.55. The van der Waals surface area contributed by atoms with Gasteiger partial charge in [-0.1, -0.05) is 6.07 Å². The predicted molar refractivity (Wildman–Crippen MR) is 102 cm³/mol. The molecule has 0 saturated carbocycles. The average Bonchev–Trinajstić information content (AvgIpc) is 3.17. The molecule has 8 nitrogen and oxygen atoms in total. The van der Waals surface area contributed by atoms with Crippen molar-refractivity contribution in [3.8, 4) is 22.9 Å². The number of rotatable bonds is 7. The van der Waals surface area contributed by atoms with Gasteiger partial charge in [0.1, 0.15) is 17.2 Å². The van der Waals surface area contributed by atoms with E-state index in [1.165, 1.54) is 0 Å². The van der Waals surface area contributed by atoms with Gasteiger partial charge in [-0.25, -0.2) is 4.79 Å². The molecule has 0 aliphatic carbocycles. The van der Waals surface area contributed by atoms with Crippen LogP contribution in [0, 0.1) is 0 Å². The van der Waals surface area contributed by atoms with Crippen LogP contribution >= 0.6 is 0 Å². The summed E-state index contributed by atoms with van der Waals surface area (Å²) in [4.78, 5) is 16.4. The summed E-state index contributed by atoms with van der Waals surface area (Å²) in [6.07, 6.45) is 3.59. The highest BCUT2D eigenvalue weighted by Crippen LogP contribution is 2.25. The van der Waals surface area contributed by atoms with E-state index in [1.54, 1.807) is 43.3 Å². The van der Waals surface area contributed by atoms with Crippen LogP contribution in [0.5, 0.6) is 11.5 Å². The maximum absolute atomic E-state index is 12.1. The molecule has 3 rings (SSSR count). The molecule has 0 saturated heterocycles. The molecule has 0 unspecified atom stereocenters. The van der Waals surface area contributed by atoms with Crippen LogP contribution in [0.4, 0.5) is 10.5 Å². The molecule has 0 radical (unpaired) electrons. The minimum atomic E-state index is -0.317. The van der Waals surface area contributed by atoms with Crippen molar-refractivity contribution in [2.45, 2.75) is 6.54 Å². The molecule has 0 spiro atoms. The smallest absolute Gasteiger partial charge is 0.319 e. The minimum Gasteiger partial charge on any atom is -0.497 e. The highest BCUT2D eigenvalue weighted by atomic mass is 16.5. The minimum absolute atomic E-state index is 0.317. The summed E-state index contributed by atoms with van der Waals surface area (Å²) in [5.74, 6) is 1.20. The molecule has 2 aromatic heterocycles. The van der Waals surface area contributed by atoms with Crippen molar-refractivity contribution in [3.63, 3.8) is 0 Å². The number of anilines is 1. The standard InChI is InChI=1S/C19H21N5O3/c1-26-15-11-14(12-16(13-15)27-2)22-19(25)21-8-10-24-9-6-18(23-24)17-5-3-4-7-20-17/h3-7,9,11-13H,8,10H2,1-2H3,(H2,21,22,25). The van der Waals surface area contributed by atoms with Gasteiger partial charge in [-0.3, -0.25) is 9.67 Å². The zero-order valence-corrected chi connectivity index (χ0v) is 15.2. The zero-order chi connectivity index (χ0) is 19.1. The lowest BCUT2D eigenvalue weighted by Crippen LogP contribution is -2.31. The number of hydrogen-bond acceptors (Lipinski definition) is 5. The summed E-state index contributed by atoms with van der Waals surface area (Å²) in [6.45, 7) is 0.970. The third-order valence-electron chi connectivity index (χ3n) is 3.80. The van der Waals surface area contributed by atoms with Crippen LogP contribution in [-0.4, -0.2) is 41.6 Å². The summed E-state index contributed by atoms with van der Waals surface area (Å²) in [6, 6.07) is 12.4. The second-order valence-corrected chi connectivity index (χ2v) is 5.66. The van der Waals surface area contributed by atoms with Crippen LogP contribution in [0.1, 0.15) is 0 Å². The van der Waals surface area contributed by atoms with Gasteiger partial charge in [0.2, 0.25) is 0 Å². The lowest BCUT2D eigenvalue weighted by molar-refractivity contribution is 0.251. The maximum atomic E-state index is 12.1. The van der Waals surface area contributed by atoms with E-state index < -0.39 is 0 Å². The number of benzene rings is 1. The Balaban J connectivity index is 1.51. The van der Waals surface area contributed by atoms with E-state index in [-0.39, 0.29) is 6.03 Å². The first-order valence-corrected chi connectivity index (χ1v) is 8.40. The van der Waals surface area contributed by atoms with Crippen molar-refractivity contribution in [3.05, 3.63) is 54.9 Å². The van der Waals surface area contributed by atoms with Crippen LogP contribution in [0.2, 0.25) is 0 Å². The third kappa shape index (κ3) is 4.97. The largest absolute Gasteiger partial charge is 0.497 e. The number of nitrogens with one attached hydrogen (secondary N) is 2. The molecule has 0 aliphatic rings. The number of aromatic nitrogens is 3. The quantitative estimate of drug-likeness (QED) is 0.670. The molecule has 1 aromatic carbocycles. The molecule has 140 valence electrons. The van der Waals surface area contributed by atoms with Crippen LogP contribution < -0.4 is 20.1 Å². The van der Waals surface area contributed by atoms with Gasteiger partial charge < -0.3 is 20.1 Å². The molecule has 2 N–H and O–H groups in total. The van der Waals surface area contributed by atoms with Crippen molar-refractivity contribution in [2.24, 2.45) is 0 Å². The Bertz CT molecular complexity index is 873. The molecule has 2 amide bonds. The van der Waals surface area contributed by atoms with Crippen molar-refractivity contribution in [2.75, 3.05) is 26.1 Å². The first-order chi connectivity index (χ1) is 13.2. The Morgan fingerprint density at radius 2 is 1.85 bits per heavy atom. The van der Waals surface area contributed by atoms with Crippen molar-refractivity contribution in [1.82, 2.24) is 20.1 Å². The van der Waals surface area contributed by atoms with Gasteiger partial charge in [-0.15, -0.1) is 0 Å². The molecular weight excluding hydrogens is 346 g/mol. The van der Waals surface area contributed by atoms with Crippen molar-refractivity contribution >= 4 is 11.7 Å². The van der Waals surface area contributed by atoms with Gasteiger partial charge >= 0.3 is 6.03 Å². The molecule has 0 bridgehead atoms. The lowest BCUT2D eigenvalue weighted by Gasteiger charge is -2.11. The summed E-state index contributed by atoms with van der Waals surface area (Å²) in [5, 5.41) is 10.0. The monoisotopic (exact) mass is 367 g/mol. The molecule has 0 aliphatic heterocycles. The topological polar surface area (TPSA) is 90.3 Å². The Morgan fingerprint density at radius 3 is 2.52 bits per heavy atom.